The van der Waals surface area contributed by atoms with E-state index in [0.717, 1.165) is 16.7 Å². The summed E-state index contributed by atoms with van der Waals surface area (Å²) in [6, 6.07) is 5.14. The fourth-order valence-corrected chi connectivity index (χ4v) is 2.40. The second-order valence-electron chi connectivity index (χ2n) is 3.74. The van der Waals surface area contributed by atoms with Crippen molar-refractivity contribution < 1.29 is 0 Å². The van der Waals surface area contributed by atoms with Crippen molar-refractivity contribution in [3.8, 4) is 0 Å². The van der Waals surface area contributed by atoms with Gasteiger partial charge in [-0.3, -0.25) is 4.79 Å². The number of thioether (sulfide) groups is 1. The summed E-state index contributed by atoms with van der Waals surface area (Å²) in [5.74, 6) is 1.52. The van der Waals surface area contributed by atoms with Crippen LogP contribution in [0.4, 0.5) is 0 Å². The first-order valence-electron chi connectivity index (χ1n) is 5.59. The second kappa shape index (κ2) is 5.83. The summed E-state index contributed by atoms with van der Waals surface area (Å²) in [6.07, 6.45) is 1.78. The van der Waals surface area contributed by atoms with E-state index in [-0.39, 0.29) is 5.56 Å². The molecule has 0 aliphatic carbocycles. The molecule has 18 heavy (non-hydrogen) atoms. The van der Waals surface area contributed by atoms with Crippen LogP contribution < -0.4 is 11.3 Å². The van der Waals surface area contributed by atoms with Crippen molar-refractivity contribution >= 4 is 11.8 Å². The van der Waals surface area contributed by atoms with Crippen molar-refractivity contribution in [2.24, 2.45) is 12.8 Å². The summed E-state index contributed by atoms with van der Waals surface area (Å²) in [5.41, 5.74) is 5.54. The van der Waals surface area contributed by atoms with E-state index in [1.54, 1.807) is 34.7 Å². The van der Waals surface area contributed by atoms with Gasteiger partial charge in [-0.2, -0.15) is 0 Å². The lowest BCUT2D eigenvalue weighted by Crippen LogP contribution is -2.18. The van der Waals surface area contributed by atoms with Gasteiger partial charge in [-0.05, 0) is 6.07 Å². The Kier molecular flexibility index (Phi) is 4.16. The Morgan fingerprint density at radius 2 is 2.22 bits per heavy atom. The van der Waals surface area contributed by atoms with E-state index in [1.165, 1.54) is 0 Å². The molecule has 0 saturated carbocycles. The van der Waals surface area contributed by atoms with Gasteiger partial charge in [-0.25, -0.2) is 0 Å². The molecule has 0 bridgehead atoms. The van der Waals surface area contributed by atoms with E-state index in [1.807, 2.05) is 17.7 Å². The molecule has 0 aromatic carbocycles. The summed E-state index contributed by atoms with van der Waals surface area (Å²) in [7, 11) is 1.89. The Hall–Kier alpha value is -1.60. The lowest BCUT2D eigenvalue weighted by molar-refractivity contribution is 0.719. The number of hydrogen-bond donors (Lipinski definition) is 1. The minimum atomic E-state index is 0.0127. The molecule has 2 heterocycles. The molecule has 2 aromatic heterocycles. The molecule has 0 radical (unpaired) electrons. The molecule has 6 nitrogen and oxygen atoms in total. The van der Waals surface area contributed by atoms with Crippen LogP contribution in [0.3, 0.4) is 0 Å². The first kappa shape index (κ1) is 12.8. The monoisotopic (exact) mass is 265 g/mol. The lowest BCUT2D eigenvalue weighted by atomic mass is 10.5. The van der Waals surface area contributed by atoms with Gasteiger partial charge < -0.3 is 14.9 Å². The van der Waals surface area contributed by atoms with Crippen LogP contribution >= 0.6 is 11.8 Å². The number of nitrogens with zero attached hydrogens (tertiary/aromatic N) is 4. The summed E-state index contributed by atoms with van der Waals surface area (Å²) in [4.78, 5) is 11.5. The average molecular weight is 265 g/mol. The first-order valence-corrected chi connectivity index (χ1v) is 6.57. The van der Waals surface area contributed by atoms with E-state index >= 15 is 0 Å². The van der Waals surface area contributed by atoms with E-state index in [4.69, 9.17) is 5.73 Å². The van der Waals surface area contributed by atoms with Crippen LogP contribution in [0, 0.1) is 0 Å². The number of pyridine rings is 1. The molecular formula is C11H15N5OS. The van der Waals surface area contributed by atoms with Crippen LogP contribution in [0.2, 0.25) is 0 Å². The average Bonchev–Trinajstić information content (AvgIpc) is 2.73. The van der Waals surface area contributed by atoms with Crippen molar-refractivity contribution in [1.29, 1.82) is 0 Å². The number of aryl methyl sites for hydroxylation is 1. The largest absolute Gasteiger partial charge is 0.324 e. The third-order valence-electron chi connectivity index (χ3n) is 2.57. The molecule has 0 aliphatic heterocycles. The lowest BCUT2D eigenvalue weighted by Gasteiger charge is -2.04. The maximum Gasteiger partial charge on any atom is 0.250 e. The summed E-state index contributed by atoms with van der Waals surface area (Å²) in [5, 5.41) is 8.84. The topological polar surface area (TPSA) is 78.7 Å². The van der Waals surface area contributed by atoms with Gasteiger partial charge in [0.05, 0.1) is 6.54 Å². The molecule has 2 aromatic rings. The molecule has 2 N–H and O–H groups in total. The molecule has 0 spiro atoms. The van der Waals surface area contributed by atoms with Gasteiger partial charge in [0.2, 0.25) is 0 Å². The Bertz CT molecular complexity index is 577. The van der Waals surface area contributed by atoms with Crippen LogP contribution in [-0.4, -0.2) is 25.1 Å². The fourth-order valence-electron chi connectivity index (χ4n) is 1.53. The van der Waals surface area contributed by atoms with Gasteiger partial charge in [0.1, 0.15) is 5.82 Å². The van der Waals surface area contributed by atoms with Gasteiger partial charge in [-0.1, -0.05) is 17.8 Å². The van der Waals surface area contributed by atoms with Gasteiger partial charge >= 0.3 is 0 Å². The van der Waals surface area contributed by atoms with Crippen LogP contribution in [0.25, 0.3) is 0 Å². The van der Waals surface area contributed by atoms with Gasteiger partial charge in [0, 0.05) is 31.6 Å². The smallest absolute Gasteiger partial charge is 0.250 e. The van der Waals surface area contributed by atoms with Crippen molar-refractivity contribution in [3.05, 3.63) is 40.6 Å². The minimum Gasteiger partial charge on any atom is -0.324 e. The Morgan fingerprint density at radius 3 is 2.89 bits per heavy atom. The van der Waals surface area contributed by atoms with Crippen LogP contribution in [0.15, 0.2) is 34.3 Å². The highest BCUT2D eigenvalue weighted by Crippen LogP contribution is 2.15. The molecule has 0 atom stereocenters. The third-order valence-corrected chi connectivity index (χ3v) is 3.57. The van der Waals surface area contributed by atoms with Gasteiger partial charge in [-0.15, -0.1) is 10.2 Å². The van der Waals surface area contributed by atoms with Crippen molar-refractivity contribution in [3.63, 3.8) is 0 Å². The molecule has 0 amide bonds. The molecule has 0 fully saturated rings. The van der Waals surface area contributed by atoms with Crippen LogP contribution in [-0.2, 0) is 20.1 Å². The molecule has 96 valence electrons. The SMILES string of the molecule is Cn1c(CN)nnc1SCCn1ccccc1=O. The standard InChI is InChI=1S/C11H15N5OS/c1-15-9(8-12)13-14-11(15)18-7-6-16-5-3-2-4-10(16)17/h2-5H,6-8,12H2,1H3. The zero-order valence-electron chi connectivity index (χ0n) is 10.1. The number of hydrogen-bond acceptors (Lipinski definition) is 5. The van der Waals surface area contributed by atoms with Crippen molar-refractivity contribution in [2.75, 3.05) is 5.75 Å². The van der Waals surface area contributed by atoms with E-state index in [9.17, 15) is 4.79 Å². The minimum absolute atomic E-state index is 0.0127. The van der Waals surface area contributed by atoms with E-state index in [0.29, 0.717) is 13.1 Å². The molecule has 0 aliphatic rings. The van der Waals surface area contributed by atoms with Gasteiger partial charge in [0.25, 0.3) is 5.56 Å². The highest BCUT2D eigenvalue weighted by Gasteiger charge is 2.07. The van der Waals surface area contributed by atoms with Crippen LogP contribution in [0.1, 0.15) is 5.82 Å². The number of rotatable bonds is 5. The molecule has 0 unspecified atom stereocenters. The van der Waals surface area contributed by atoms with Crippen molar-refractivity contribution in [1.82, 2.24) is 19.3 Å². The Morgan fingerprint density at radius 1 is 1.39 bits per heavy atom. The highest BCUT2D eigenvalue weighted by molar-refractivity contribution is 7.99. The predicted octanol–water partition coefficient (Wildman–Crippen LogP) is 0.228. The number of nitrogens with two attached hydrogens (primary N) is 1. The van der Waals surface area contributed by atoms with Crippen LogP contribution in [0.5, 0.6) is 0 Å². The third kappa shape index (κ3) is 2.80. The summed E-state index contributed by atoms with van der Waals surface area (Å²) >= 11 is 1.56. The quantitative estimate of drug-likeness (QED) is 0.783. The summed E-state index contributed by atoms with van der Waals surface area (Å²) in [6.45, 7) is 1.03. The zero-order chi connectivity index (χ0) is 13.0. The maximum atomic E-state index is 11.5. The predicted molar refractivity (Wildman–Crippen MR) is 70.3 cm³/mol. The molecule has 7 heteroatoms. The summed E-state index contributed by atoms with van der Waals surface area (Å²) < 4.78 is 3.55. The van der Waals surface area contributed by atoms with E-state index in [2.05, 4.69) is 10.2 Å². The van der Waals surface area contributed by atoms with Gasteiger partial charge in [0.15, 0.2) is 5.16 Å². The molecular weight excluding hydrogens is 250 g/mol. The maximum absolute atomic E-state index is 11.5. The Labute approximate surface area is 109 Å². The van der Waals surface area contributed by atoms with E-state index < -0.39 is 0 Å². The molecule has 0 saturated heterocycles. The second-order valence-corrected chi connectivity index (χ2v) is 4.80. The number of aromatic nitrogens is 4. The fraction of sp³-hybridized carbons (Fsp3) is 0.364. The first-order chi connectivity index (χ1) is 8.72. The zero-order valence-corrected chi connectivity index (χ0v) is 10.9. The highest BCUT2D eigenvalue weighted by atomic mass is 32.2. The molecule has 2 rings (SSSR count). The van der Waals surface area contributed by atoms with Crippen molar-refractivity contribution in [2.45, 2.75) is 18.2 Å². The normalized spacial score (nSPS) is 10.8. The Balaban J connectivity index is 1.95.